The Labute approximate surface area is 126 Å². The van der Waals surface area contributed by atoms with Crippen LogP contribution >= 0.6 is 15.9 Å². The predicted octanol–water partition coefficient (Wildman–Crippen LogP) is 3.27. The Morgan fingerprint density at radius 3 is 2.70 bits per heavy atom. The molecule has 4 atom stereocenters. The minimum atomic E-state index is -1.27. The highest BCUT2D eigenvalue weighted by molar-refractivity contribution is 9.10. The van der Waals surface area contributed by atoms with Crippen LogP contribution in [0.5, 0.6) is 0 Å². The number of nitrogens with zero attached hydrogens (tertiary/aromatic N) is 1. The summed E-state index contributed by atoms with van der Waals surface area (Å²) in [6.07, 6.45) is 0.0167. The van der Waals surface area contributed by atoms with E-state index < -0.39 is 16.6 Å². The van der Waals surface area contributed by atoms with Crippen molar-refractivity contribution in [2.24, 2.45) is 5.92 Å². The average molecular weight is 338 g/mol. The molecule has 1 aromatic rings. The van der Waals surface area contributed by atoms with Gasteiger partial charge in [-0.15, -0.1) is 0 Å². The molecule has 1 saturated heterocycles. The molecular weight excluding hydrogens is 322 g/mol. The molecule has 1 aliphatic heterocycles. The number of nitriles is 1. The Morgan fingerprint density at radius 2 is 2.15 bits per heavy atom. The van der Waals surface area contributed by atoms with Crippen molar-refractivity contribution in [2.75, 3.05) is 0 Å². The van der Waals surface area contributed by atoms with Gasteiger partial charge < -0.3 is 9.47 Å². The summed E-state index contributed by atoms with van der Waals surface area (Å²) in [6.45, 7) is 3.91. The van der Waals surface area contributed by atoms with Crippen LogP contribution in [0.2, 0.25) is 0 Å². The molecule has 1 aromatic carbocycles. The first-order valence-corrected chi connectivity index (χ1v) is 7.35. The first-order valence-electron chi connectivity index (χ1n) is 6.56. The van der Waals surface area contributed by atoms with Crippen LogP contribution in [0.25, 0.3) is 0 Å². The van der Waals surface area contributed by atoms with Crippen LogP contribution in [0.3, 0.4) is 0 Å². The number of esters is 1. The molecule has 1 aliphatic rings. The van der Waals surface area contributed by atoms with E-state index in [2.05, 4.69) is 22.0 Å². The van der Waals surface area contributed by atoms with Crippen molar-refractivity contribution >= 4 is 21.9 Å². The number of carbonyl (C=O) groups is 1. The number of ether oxygens (including phenoxy) is 2. The minimum absolute atomic E-state index is 0.0494. The van der Waals surface area contributed by atoms with Gasteiger partial charge in [0.05, 0.1) is 11.7 Å². The Morgan fingerprint density at radius 1 is 1.50 bits per heavy atom. The summed E-state index contributed by atoms with van der Waals surface area (Å²) < 4.78 is 9.94. The molecule has 5 heteroatoms. The highest BCUT2D eigenvalue weighted by atomic mass is 79.9. The Balaban J connectivity index is 2.19. The fraction of sp³-hybridized carbons (Fsp3) is 0.467. The lowest BCUT2D eigenvalue weighted by atomic mass is 9.97. The molecule has 20 heavy (non-hydrogen) atoms. The van der Waals surface area contributed by atoms with Crippen molar-refractivity contribution < 1.29 is 14.3 Å². The van der Waals surface area contributed by atoms with Crippen molar-refractivity contribution in [3.8, 4) is 6.07 Å². The van der Waals surface area contributed by atoms with Gasteiger partial charge in [0, 0.05) is 5.92 Å². The van der Waals surface area contributed by atoms with Crippen LogP contribution in [-0.2, 0) is 9.47 Å². The van der Waals surface area contributed by atoms with E-state index in [9.17, 15) is 10.1 Å². The summed E-state index contributed by atoms with van der Waals surface area (Å²) >= 11 is 3.27. The van der Waals surface area contributed by atoms with Gasteiger partial charge in [-0.2, -0.15) is 5.26 Å². The monoisotopic (exact) mass is 337 g/mol. The molecular formula is C15H16BrNO3. The Kier molecular flexibility index (Phi) is 4.46. The molecule has 0 bridgehead atoms. The standard InChI is InChI=1S/C15H16BrNO3/c1-3-12-10(2)13(15(16,9-17)20-12)19-14(18)11-7-5-4-6-8-11/h4-8,10,12-13H,3H2,1-2H3/t10-,12-,13-,15?/m1/s1. The van der Waals surface area contributed by atoms with Gasteiger partial charge in [0.2, 0.25) is 4.51 Å². The van der Waals surface area contributed by atoms with Crippen LogP contribution < -0.4 is 0 Å². The highest BCUT2D eigenvalue weighted by Gasteiger charge is 2.54. The highest BCUT2D eigenvalue weighted by Crippen LogP contribution is 2.42. The molecule has 0 aromatic heterocycles. The summed E-state index contributed by atoms with van der Waals surface area (Å²) in [4.78, 5) is 12.1. The lowest BCUT2D eigenvalue weighted by molar-refractivity contribution is -0.00326. The van der Waals surface area contributed by atoms with Crippen molar-refractivity contribution in [1.29, 1.82) is 5.26 Å². The number of hydrogen-bond donors (Lipinski definition) is 0. The Hall–Kier alpha value is -1.38. The van der Waals surface area contributed by atoms with E-state index in [1.165, 1.54) is 0 Å². The molecule has 1 unspecified atom stereocenters. The summed E-state index contributed by atoms with van der Waals surface area (Å²) in [5.41, 5.74) is 0.465. The van der Waals surface area contributed by atoms with Crippen LogP contribution in [-0.4, -0.2) is 22.7 Å². The normalized spacial score (nSPS) is 32.6. The van der Waals surface area contributed by atoms with Gasteiger partial charge in [-0.25, -0.2) is 4.79 Å². The van der Waals surface area contributed by atoms with Crippen molar-refractivity contribution in [3.05, 3.63) is 35.9 Å². The largest absolute Gasteiger partial charge is 0.453 e. The zero-order valence-corrected chi connectivity index (χ0v) is 13.0. The van der Waals surface area contributed by atoms with Crippen LogP contribution in [0.15, 0.2) is 30.3 Å². The molecule has 1 heterocycles. The minimum Gasteiger partial charge on any atom is -0.453 e. The number of alkyl halides is 1. The third kappa shape index (κ3) is 2.72. The molecule has 0 radical (unpaired) electrons. The predicted molar refractivity (Wildman–Crippen MR) is 77.2 cm³/mol. The van der Waals surface area contributed by atoms with E-state index in [1.807, 2.05) is 19.9 Å². The Bertz CT molecular complexity index is 528. The van der Waals surface area contributed by atoms with Gasteiger partial charge >= 0.3 is 5.97 Å². The fourth-order valence-corrected chi connectivity index (χ4v) is 3.16. The average Bonchev–Trinajstić information content (AvgIpc) is 2.73. The van der Waals surface area contributed by atoms with Gasteiger partial charge in [-0.1, -0.05) is 32.0 Å². The summed E-state index contributed by atoms with van der Waals surface area (Å²) in [5, 5.41) is 9.30. The quantitative estimate of drug-likeness (QED) is 0.627. The van der Waals surface area contributed by atoms with Gasteiger partial charge in [0.1, 0.15) is 6.07 Å². The van der Waals surface area contributed by atoms with E-state index in [1.54, 1.807) is 24.3 Å². The van der Waals surface area contributed by atoms with Crippen LogP contribution in [0.4, 0.5) is 0 Å². The van der Waals surface area contributed by atoms with Gasteiger partial charge in [-0.3, -0.25) is 0 Å². The zero-order chi connectivity index (χ0) is 14.8. The number of carbonyl (C=O) groups excluding carboxylic acids is 1. The van der Waals surface area contributed by atoms with Crippen LogP contribution in [0.1, 0.15) is 30.6 Å². The molecule has 106 valence electrons. The molecule has 4 nitrogen and oxygen atoms in total. The van der Waals surface area contributed by atoms with Gasteiger partial charge in [-0.05, 0) is 34.5 Å². The SMILES string of the molecule is CC[C@H]1OC(Br)(C#N)[C@H](OC(=O)c2ccccc2)[C@@H]1C. The lowest BCUT2D eigenvalue weighted by Gasteiger charge is -2.23. The third-order valence-corrected chi connectivity index (χ3v) is 4.37. The smallest absolute Gasteiger partial charge is 0.338 e. The van der Waals surface area contributed by atoms with E-state index in [4.69, 9.17) is 9.47 Å². The maximum absolute atomic E-state index is 12.1. The topological polar surface area (TPSA) is 59.3 Å². The maximum atomic E-state index is 12.1. The molecule has 0 amide bonds. The molecule has 2 rings (SSSR count). The summed E-state index contributed by atoms with van der Waals surface area (Å²) in [7, 11) is 0. The fourth-order valence-electron chi connectivity index (χ4n) is 2.41. The second kappa shape index (κ2) is 5.94. The first-order chi connectivity index (χ1) is 9.51. The van der Waals surface area contributed by atoms with E-state index >= 15 is 0 Å². The number of rotatable bonds is 3. The van der Waals surface area contributed by atoms with Gasteiger partial charge in [0.15, 0.2) is 6.10 Å². The summed E-state index contributed by atoms with van der Waals surface area (Å²) in [5.74, 6) is -0.492. The second-order valence-corrected chi connectivity index (χ2v) is 6.05. The van der Waals surface area contributed by atoms with Crippen molar-refractivity contribution in [1.82, 2.24) is 0 Å². The van der Waals surface area contributed by atoms with E-state index in [0.29, 0.717) is 5.56 Å². The second-order valence-electron chi connectivity index (χ2n) is 4.87. The number of hydrogen-bond acceptors (Lipinski definition) is 4. The van der Waals surface area contributed by atoms with Gasteiger partial charge in [0.25, 0.3) is 0 Å². The molecule has 0 N–H and O–H groups in total. The maximum Gasteiger partial charge on any atom is 0.338 e. The van der Waals surface area contributed by atoms with Crippen LogP contribution in [0, 0.1) is 17.2 Å². The molecule has 1 fully saturated rings. The number of halogens is 1. The number of benzene rings is 1. The first kappa shape index (κ1) is 15.0. The zero-order valence-electron chi connectivity index (χ0n) is 11.4. The van der Waals surface area contributed by atoms with Crippen molar-refractivity contribution in [2.45, 2.75) is 37.0 Å². The van der Waals surface area contributed by atoms with E-state index in [-0.39, 0.29) is 12.0 Å². The molecule has 0 spiro atoms. The lowest BCUT2D eigenvalue weighted by Crippen LogP contribution is -2.37. The third-order valence-electron chi connectivity index (χ3n) is 3.55. The molecule has 0 aliphatic carbocycles. The molecule has 0 saturated carbocycles. The van der Waals surface area contributed by atoms with Crippen molar-refractivity contribution in [3.63, 3.8) is 0 Å². The van der Waals surface area contributed by atoms with E-state index in [0.717, 1.165) is 6.42 Å². The summed E-state index contributed by atoms with van der Waals surface area (Å²) in [6, 6.07) is 10.8.